The zero-order valence-electron chi connectivity index (χ0n) is 7.96. The molecule has 0 heterocycles. The summed E-state index contributed by atoms with van der Waals surface area (Å²) in [5.41, 5.74) is 1.30. The Hall–Kier alpha value is -1.26. The van der Waals surface area contributed by atoms with Crippen molar-refractivity contribution in [1.29, 1.82) is 0 Å². The van der Waals surface area contributed by atoms with Gasteiger partial charge in [0.15, 0.2) is 0 Å². The van der Waals surface area contributed by atoms with E-state index in [0.29, 0.717) is 6.04 Å². The normalized spacial score (nSPS) is 12.0. The molecule has 0 bridgehead atoms. The Bertz CT molecular complexity index is 271. The van der Waals surface area contributed by atoms with Crippen LogP contribution in [0.4, 0.5) is 0 Å². The lowest BCUT2D eigenvalue weighted by Gasteiger charge is -2.10. The molecule has 1 nitrogen and oxygen atoms in total. The standard InChI is InChI=1S/C12H15N/c1-3-7-11(2)13-10-12-8-5-4-6-9-12/h1,4-6,8-9,11,13H,7,10H2,2H3. The van der Waals surface area contributed by atoms with Gasteiger partial charge in [-0.25, -0.2) is 0 Å². The topological polar surface area (TPSA) is 12.0 Å². The molecular weight excluding hydrogens is 158 g/mol. The van der Waals surface area contributed by atoms with Crippen LogP contribution in [0.15, 0.2) is 30.3 Å². The third-order valence-corrected chi connectivity index (χ3v) is 1.92. The third-order valence-electron chi connectivity index (χ3n) is 1.92. The molecule has 1 unspecified atom stereocenters. The van der Waals surface area contributed by atoms with Gasteiger partial charge in [-0.2, -0.15) is 0 Å². The van der Waals surface area contributed by atoms with Gasteiger partial charge in [0.2, 0.25) is 0 Å². The largest absolute Gasteiger partial charge is 0.309 e. The van der Waals surface area contributed by atoms with E-state index in [1.54, 1.807) is 0 Å². The molecule has 0 aliphatic carbocycles. The van der Waals surface area contributed by atoms with Crippen molar-refractivity contribution >= 4 is 0 Å². The second-order valence-corrected chi connectivity index (χ2v) is 3.18. The minimum atomic E-state index is 0.394. The monoisotopic (exact) mass is 173 g/mol. The Morgan fingerprint density at radius 3 is 2.69 bits per heavy atom. The first-order chi connectivity index (χ1) is 6.33. The zero-order valence-corrected chi connectivity index (χ0v) is 7.96. The second kappa shape index (κ2) is 5.40. The fraction of sp³-hybridized carbons (Fsp3) is 0.333. The first-order valence-corrected chi connectivity index (χ1v) is 4.53. The van der Waals surface area contributed by atoms with Crippen LogP contribution in [0.3, 0.4) is 0 Å². The number of terminal acetylenes is 1. The average Bonchev–Trinajstić information content (AvgIpc) is 2.17. The summed E-state index contributed by atoms with van der Waals surface area (Å²) in [5, 5.41) is 3.36. The van der Waals surface area contributed by atoms with E-state index in [4.69, 9.17) is 6.42 Å². The molecule has 0 aromatic heterocycles. The van der Waals surface area contributed by atoms with Gasteiger partial charge in [0.25, 0.3) is 0 Å². The first-order valence-electron chi connectivity index (χ1n) is 4.53. The summed E-state index contributed by atoms with van der Waals surface area (Å²) < 4.78 is 0. The SMILES string of the molecule is C#CCC(C)NCc1ccccc1. The quantitative estimate of drug-likeness (QED) is 0.688. The predicted molar refractivity (Wildman–Crippen MR) is 56.2 cm³/mol. The van der Waals surface area contributed by atoms with Gasteiger partial charge < -0.3 is 5.32 Å². The highest BCUT2D eigenvalue weighted by molar-refractivity contribution is 5.14. The van der Waals surface area contributed by atoms with E-state index in [9.17, 15) is 0 Å². The molecular formula is C12H15N. The lowest BCUT2D eigenvalue weighted by Crippen LogP contribution is -2.24. The van der Waals surface area contributed by atoms with Crippen LogP contribution in [-0.2, 0) is 6.54 Å². The summed E-state index contributed by atoms with van der Waals surface area (Å²) in [4.78, 5) is 0. The molecule has 1 rings (SSSR count). The van der Waals surface area contributed by atoms with Crippen molar-refractivity contribution in [2.24, 2.45) is 0 Å². The molecule has 0 spiro atoms. The molecule has 0 aliphatic rings. The van der Waals surface area contributed by atoms with Crippen LogP contribution in [0, 0.1) is 12.3 Å². The van der Waals surface area contributed by atoms with Crippen molar-refractivity contribution in [2.45, 2.75) is 25.9 Å². The molecule has 68 valence electrons. The Labute approximate surface area is 80.2 Å². The van der Waals surface area contributed by atoms with E-state index in [1.165, 1.54) is 5.56 Å². The van der Waals surface area contributed by atoms with Crippen molar-refractivity contribution in [3.8, 4) is 12.3 Å². The van der Waals surface area contributed by atoms with Crippen molar-refractivity contribution in [1.82, 2.24) is 5.32 Å². The summed E-state index contributed by atoms with van der Waals surface area (Å²) in [5.74, 6) is 2.64. The predicted octanol–water partition coefficient (Wildman–Crippen LogP) is 2.19. The zero-order chi connectivity index (χ0) is 9.52. The summed E-state index contributed by atoms with van der Waals surface area (Å²) in [6.07, 6.45) is 5.99. The van der Waals surface area contributed by atoms with E-state index in [1.807, 2.05) is 18.2 Å². The summed E-state index contributed by atoms with van der Waals surface area (Å²) in [6.45, 7) is 2.99. The molecule has 0 radical (unpaired) electrons. The van der Waals surface area contributed by atoms with Crippen LogP contribution >= 0.6 is 0 Å². The van der Waals surface area contributed by atoms with Crippen LogP contribution < -0.4 is 5.32 Å². The van der Waals surface area contributed by atoms with E-state index >= 15 is 0 Å². The van der Waals surface area contributed by atoms with Crippen LogP contribution in [0.1, 0.15) is 18.9 Å². The maximum atomic E-state index is 5.21. The van der Waals surface area contributed by atoms with Crippen molar-refractivity contribution < 1.29 is 0 Å². The molecule has 0 aliphatic heterocycles. The molecule has 1 aromatic rings. The van der Waals surface area contributed by atoms with Gasteiger partial charge in [-0.05, 0) is 12.5 Å². The summed E-state index contributed by atoms with van der Waals surface area (Å²) in [7, 11) is 0. The molecule has 0 fully saturated rings. The van der Waals surface area contributed by atoms with Gasteiger partial charge >= 0.3 is 0 Å². The Morgan fingerprint density at radius 1 is 1.38 bits per heavy atom. The number of benzene rings is 1. The van der Waals surface area contributed by atoms with Crippen LogP contribution in [0.25, 0.3) is 0 Å². The van der Waals surface area contributed by atoms with Crippen LogP contribution in [-0.4, -0.2) is 6.04 Å². The summed E-state index contributed by atoms with van der Waals surface area (Å²) in [6, 6.07) is 10.7. The van der Waals surface area contributed by atoms with Gasteiger partial charge in [0.1, 0.15) is 0 Å². The van der Waals surface area contributed by atoms with Gasteiger partial charge in [0.05, 0.1) is 0 Å². The molecule has 1 heteroatoms. The maximum Gasteiger partial charge on any atom is 0.0238 e. The summed E-state index contributed by atoms with van der Waals surface area (Å²) >= 11 is 0. The fourth-order valence-corrected chi connectivity index (χ4v) is 1.14. The molecule has 0 saturated carbocycles. The van der Waals surface area contributed by atoms with Gasteiger partial charge in [0, 0.05) is 19.0 Å². The van der Waals surface area contributed by atoms with Gasteiger partial charge in [-0.1, -0.05) is 30.3 Å². The Kier molecular flexibility index (Phi) is 4.08. The lowest BCUT2D eigenvalue weighted by atomic mass is 10.2. The average molecular weight is 173 g/mol. The van der Waals surface area contributed by atoms with Crippen LogP contribution in [0.5, 0.6) is 0 Å². The Morgan fingerprint density at radius 2 is 2.08 bits per heavy atom. The van der Waals surface area contributed by atoms with E-state index < -0.39 is 0 Å². The van der Waals surface area contributed by atoms with E-state index in [0.717, 1.165) is 13.0 Å². The third kappa shape index (κ3) is 3.78. The van der Waals surface area contributed by atoms with E-state index in [-0.39, 0.29) is 0 Å². The van der Waals surface area contributed by atoms with Crippen molar-refractivity contribution in [3.05, 3.63) is 35.9 Å². The van der Waals surface area contributed by atoms with Gasteiger partial charge in [-0.15, -0.1) is 12.3 Å². The molecule has 1 atom stereocenters. The molecule has 0 amide bonds. The van der Waals surface area contributed by atoms with E-state index in [2.05, 4.69) is 30.3 Å². The second-order valence-electron chi connectivity index (χ2n) is 3.18. The van der Waals surface area contributed by atoms with Crippen LogP contribution in [0.2, 0.25) is 0 Å². The maximum absolute atomic E-state index is 5.21. The number of nitrogens with one attached hydrogen (secondary N) is 1. The van der Waals surface area contributed by atoms with Gasteiger partial charge in [-0.3, -0.25) is 0 Å². The lowest BCUT2D eigenvalue weighted by molar-refractivity contribution is 0.559. The van der Waals surface area contributed by atoms with Crippen molar-refractivity contribution in [2.75, 3.05) is 0 Å². The Balaban J connectivity index is 2.32. The smallest absolute Gasteiger partial charge is 0.0238 e. The molecule has 1 N–H and O–H groups in total. The number of hydrogen-bond donors (Lipinski definition) is 1. The highest BCUT2D eigenvalue weighted by atomic mass is 14.9. The number of hydrogen-bond acceptors (Lipinski definition) is 1. The molecule has 0 saturated heterocycles. The fourth-order valence-electron chi connectivity index (χ4n) is 1.14. The molecule has 13 heavy (non-hydrogen) atoms. The highest BCUT2D eigenvalue weighted by Gasteiger charge is 1.97. The van der Waals surface area contributed by atoms with Crippen molar-refractivity contribution in [3.63, 3.8) is 0 Å². The minimum Gasteiger partial charge on any atom is -0.309 e. The minimum absolute atomic E-state index is 0.394. The number of rotatable bonds is 4. The highest BCUT2D eigenvalue weighted by Crippen LogP contribution is 1.98. The first kappa shape index (κ1) is 9.83. The molecule has 1 aromatic carbocycles.